The molecule has 7 heteroatoms. The number of allylic oxidation sites excluding steroid dienone is 2. The van der Waals surface area contributed by atoms with Crippen molar-refractivity contribution >= 4 is 23.7 Å². The van der Waals surface area contributed by atoms with Gasteiger partial charge in [0, 0.05) is 37.5 Å². The molecule has 0 N–H and O–H groups in total. The van der Waals surface area contributed by atoms with Crippen LogP contribution in [0.15, 0.2) is 11.6 Å². The number of rotatable bonds is 3. The molecule has 154 valence electrons. The molecule has 0 spiro atoms. The highest BCUT2D eigenvalue weighted by Crippen LogP contribution is 2.72. The van der Waals surface area contributed by atoms with Gasteiger partial charge in [0.15, 0.2) is 11.9 Å². The Morgan fingerprint density at radius 3 is 1.82 bits per heavy atom. The van der Waals surface area contributed by atoms with Crippen molar-refractivity contribution in [3.05, 3.63) is 11.6 Å². The summed E-state index contributed by atoms with van der Waals surface area (Å²) >= 11 is 0. The van der Waals surface area contributed by atoms with E-state index >= 15 is 0 Å². The van der Waals surface area contributed by atoms with Crippen LogP contribution in [0.25, 0.3) is 0 Å². The van der Waals surface area contributed by atoms with Gasteiger partial charge >= 0.3 is 17.9 Å². The van der Waals surface area contributed by atoms with Gasteiger partial charge in [-0.3, -0.25) is 19.2 Å². The molecule has 7 nitrogen and oxygen atoms in total. The quantitative estimate of drug-likeness (QED) is 0.537. The largest absolute Gasteiger partial charge is 0.458 e. The maximum Gasteiger partial charge on any atom is 0.303 e. The Kier molecular flexibility index (Phi) is 4.72. The molecule has 4 aliphatic rings. The molecule has 0 aromatic carbocycles. The van der Waals surface area contributed by atoms with Crippen LogP contribution in [0.4, 0.5) is 0 Å². The van der Waals surface area contributed by atoms with Gasteiger partial charge in [0.25, 0.3) is 0 Å². The molecule has 0 saturated heterocycles. The average molecular weight is 392 g/mol. The highest BCUT2D eigenvalue weighted by atomic mass is 16.6. The zero-order valence-electron chi connectivity index (χ0n) is 17.4. The fraction of sp³-hybridized carbons (Fsp3) is 0.714. The smallest absolute Gasteiger partial charge is 0.303 e. The van der Waals surface area contributed by atoms with Gasteiger partial charge in [0.2, 0.25) is 0 Å². The Morgan fingerprint density at radius 1 is 0.857 bits per heavy atom. The molecule has 0 radical (unpaired) electrons. The number of ether oxygens (including phenoxy) is 3. The first-order valence-corrected chi connectivity index (χ1v) is 9.57. The Labute approximate surface area is 164 Å². The minimum absolute atomic E-state index is 0.0252. The van der Waals surface area contributed by atoms with Crippen LogP contribution in [0, 0.1) is 28.6 Å². The van der Waals surface area contributed by atoms with Crippen LogP contribution in [-0.2, 0) is 33.4 Å². The Morgan fingerprint density at radius 2 is 1.36 bits per heavy atom. The van der Waals surface area contributed by atoms with Gasteiger partial charge in [-0.1, -0.05) is 26.3 Å². The van der Waals surface area contributed by atoms with Crippen LogP contribution in [0.2, 0.25) is 0 Å². The standard InChI is InChI=1S/C21H28O7/c1-9-8-13(25)15-16-14(9)21(15,7)19(28-12(4)24)17(26-10(2)22)18(20(16,5)6)27-11(3)23/h8,14-19H,1-7H3/t14-,15+,16-,17+,18+,19+,21+/m0/s1. The molecule has 4 rings (SSSR count). The third kappa shape index (κ3) is 2.70. The summed E-state index contributed by atoms with van der Waals surface area (Å²) in [4.78, 5) is 48.7. The van der Waals surface area contributed by atoms with Crippen LogP contribution in [-0.4, -0.2) is 42.0 Å². The maximum absolute atomic E-state index is 13.0. The van der Waals surface area contributed by atoms with E-state index in [1.165, 1.54) is 20.8 Å². The van der Waals surface area contributed by atoms with Gasteiger partial charge in [-0.15, -0.1) is 0 Å². The first-order chi connectivity index (χ1) is 12.8. The van der Waals surface area contributed by atoms with E-state index in [1.807, 2.05) is 27.7 Å². The number of carbonyl (C=O) groups excluding carboxylic acids is 4. The highest BCUT2D eigenvalue weighted by Gasteiger charge is 2.77. The van der Waals surface area contributed by atoms with Crippen LogP contribution < -0.4 is 0 Å². The fourth-order valence-corrected chi connectivity index (χ4v) is 6.13. The minimum Gasteiger partial charge on any atom is -0.458 e. The Hall–Kier alpha value is -2.18. The summed E-state index contributed by atoms with van der Waals surface area (Å²) in [7, 11) is 0. The summed E-state index contributed by atoms with van der Waals surface area (Å²) in [5, 5.41) is 0. The second-order valence-electron chi connectivity index (χ2n) is 9.09. The molecule has 0 aromatic rings. The van der Waals surface area contributed by atoms with E-state index < -0.39 is 53.0 Å². The van der Waals surface area contributed by atoms with Crippen LogP contribution in [0.5, 0.6) is 0 Å². The van der Waals surface area contributed by atoms with E-state index in [9.17, 15) is 19.2 Å². The van der Waals surface area contributed by atoms with Crippen molar-refractivity contribution < 1.29 is 33.4 Å². The molecule has 4 aliphatic carbocycles. The van der Waals surface area contributed by atoms with Crippen LogP contribution in [0.1, 0.15) is 48.5 Å². The van der Waals surface area contributed by atoms with Crippen molar-refractivity contribution in [2.24, 2.45) is 28.6 Å². The number of esters is 3. The lowest BCUT2D eigenvalue weighted by Crippen LogP contribution is -2.68. The van der Waals surface area contributed by atoms with Crippen molar-refractivity contribution in [3.63, 3.8) is 0 Å². The first-order valence-electron chi connectivity index (χ1n) is 9.57. The normalized spacial score (nSPS) is 40.4. The van der Waals surface area contributed by atoms with Gasteiger partial charge in [0.05, 0.1) is 0 Å². The van der Waals surface area contributed by atoms with Crippen molar-refractivity contribution in [2.45, 2.75) is 66.8 Å². The summed E-state index contributed by atoms with van der Waals surface area (Å²) in [6.07, 6.45) is -1.10. The predicted octanol–water partition coefficient (Wildman–Crippen LogP) is 2.22. The first kappa shape index (κ1) is 20.6. The summed E-state index contributed by atoms with van der Waals surface area (Å²) in [5.41, 5.74) is -0.505. The lowest BCUT2D eigenvalue weighted by atomic mass is 9.37. The number of fused-ring (bicyclic) bond motifs is 3. The molecule has 7 atom stereocenters. The molecule has 0 heterocycles. The van der Waals surface area contributed by atoms with Crippen LogP contribution >= 0.6 is 0 Å². The summed E-state index contributed by atoms with van der Waals surface area (Å²) < 4.78 is 16.9. The van der Waals surface area contributed by atoms with E-state index in [2.05, 4.69) is 0 Å². The van der Waals surface area contributed by atoms with E-state index in [-0.39, 0.29) is 17.6 Å². The molecule has 3 fully saturated rings. The SMILES string of the molecule is CC(=O)O[C@@H]1[C@@H](OC(C)=O)C(C)(C)[C@@H]2[C@H]3C(=O)C=C(C)[C@@H]2[C@@]3(C)[C@@H]1OC(C)=O. The molecule has 0 unspecified atom stereocenters. The summed E-state index contributed by atoms with van der Waals surface area (Å²) in [5.74, 6) is -2.22. The Balaban J connectivity index is 2.24. The number of hydrogen-bond acceptors (Lipinski definition) is 7. The highest BCUT2D eigenvalue weighted by molar-refractivity contribution is 5.97. The van der Waals surface area contributed by atoms with E-state index in [4.69, 9.17) is 14.2 Å². The van der Waals surface area contributed by atoms with Crippen molar-refractivity contribution in [2.75, 3.05) is 0 Å². The van der Waals surface area contributed by atoms with Crippen molar-refractivity contribution in [1.29, 1.82) is 0 Å². The van der Waals surface area contributed by atoms with Crippen molar-refractivity contribution in [1.82, 2.24) is 0 Å². The zero-order valence-corrected chi connectivity index (χ0v) is 17.4. The van der Waals surface area contributed by atoms with Crippen LogP contribution in [0.3, 0.4) is 0 Å². The van der Waals surface area contributed by atoms with Gasteiger partial charge < -0.3 is 14.2 Å². The topological polar surface area (TPSA) is 96.0 Å². The maximum atomic E-state index is 13.0. The fourth-order valence-electron chi connectivity index (χ4n) is 6.13. The Bertz CT molecular complexity index is 780. The molecule has 0 aliphatic heterocycles. The monoisotopic (exact) mass is 392 g/mol. The molecule has 3 saturated carbocycles. The van der Waals surface area contributed by atoms with Crippen molar-refractivity contribution in [3.8, 4) is 0 Å². The zero-order chi connectivity index (χ0) is 21.2. The molecule has 4 bridgehead atoms. The molecule has 28 heavy (non-hydrogen) atoms. The minimum atomic E-state index is -0.999. The van der Waals surface area contributed by atoms with E-state index in [0.29, 0.717) is 0 Å². The molecular formula is C21H28O7. The summed E-state index contributed by atoms with van der Waals surface area (Å²) in [6.45, 7) is 11.5. The second-order valence-corrected chi connectivity index (χ2v) is 9.09. The van der Waals surface area contributed by atoms with Gasteiger partial charge in [0.1, 0.15) is 12.2 Å². The predicted molar refractivity (Wildman–Crippen MR) is 97.8 cm³/mol. The second kappa shape index (κ2) is 6.42. The van der Waals surface area contributed by atoms with E-state index in [1.54, 1.807) is 6.08 Å². The third-order valence-electron chi connectivity index (χ3n) is 6.92. The molecular weight excluding hydrogens is 364 g/mol. The van der Waals surface area contributed by atoms with Gasteiger partial charge in [-0.2, -0.15) is 0 Å². The summed E-state index contributed by atoms with van der Waals surface area (Å²) in [6, 6.07) is 0. The lowest BCUT2D eigenvalue weighted by molar-refractivity contribution is -0.214. The number of ketones is 1. The lowest BCUT2D eigenvalue weighted by Gasteiger charge is -2.65. The molecule has 0 aromatic heterocycles. The van der Waals surface area contributed by atoms with Gasteiger partial charge in [-0.05, 0) is 24.8 Å². The van der Waals surface area contributed by atoms with E-state index in [0.717, 1.165) is 5.57 Å². The van der Waals surface area contributed by atoms with Gasteiger partial charge in [-0.25, -0.2) is 0 Å². The number of hydrogen-bond donors (Lipinski definition) is 0. The average Bonchev–Trinajstić information content (AvgIpc) is 2.59. The number of carbonyl (C=O) groups is 4. The molecule has 0 amide bonds. The third-order valence-corrected chi connectivity index (χ3v) is 6.92.